The zero-order chi connectivity index (χ0) is 11.7. The Morgan fingerprint density at radius 3 is 2.00 bits per heavy atom. The summed E-state index contributed by atoms with van der Waals surface area (Å²) in [6.45, 7) is 0. The largest absolute Gasteiger partial charge is 0.274 e. The highest BCUT2D eigenvalue weighted by molar-refractivity contribution is 7.82. The molecule has 2 N–H and O–H groups in total. The second-order valence-electron chi connectivity index (χ2n) is 3.41. The summed E-state index contributed by atoms with van der Waals surface area (Å²) < 4.78 is 10.9. The van der Waals surface area contributed by atoms with E-state index < -0.39 is 11.0 Å². The number of carbonyl (C=O) groups excluding carboxylic acids is 2. The molecule has 0 radical (unpaired) electrons. The predicted octanol–water partition coefficient (Wildman–Crippen LogP) is 0.321. The summed E-state index contributed by atoms with van der Waals surface area (Å²) in [6.07, 6.45) is 0.507. The predicted molar refractivity (Wildman–Crippen MR) is 58.8 cm³/mol. The van der Waals surface area contributed by atoms with Crippen molar-refractivity contribution in [2.45, 2.75) is 17.7 Å². The summed E-state index contributed by atoms with van der Waals surface area (Å²) in [5.41, 5.74) is 0.502. The van der Waals surface area contributed by atoms with Crippen LogP contribution in [0.25, 0.3) is 0 Å². The third-order valence-electron chi connectivity index (χ3n) is 2.38. The molecule has 0 bridgehead atoms. The molecule has 1 saturated heterocycles. The van der Waals surface area contributed by atoms with Gasteiger partial charge in [-0.05, 0) is 24.3 Å². The van der Waals surface area contributed by atoms with Crippen molar-refractivity contribution < 1.29 is 13.8 Å². The number of hydrogen-bond donors (Lipinski definition) is 1. The third-order valence-corrected chi connectivity index (χ3v) is 3.12. The number of nitrogens with two attached hydrogens (primary N) is 1. The summed E-state index contributed by atoms with van der Waals surface area (Å²) in [5, 5.41) is 5.20. The minimum absolute atomic E-state index is 0.202. The molecule has 1 aromatic rings. The number of anilines is 1. The first-order valence-corrected chi connectivity index (χ1v) is 5.93. The van der Waals surface area contributed by atoms with Crippen LogP contribution in [0.15, 0.2) is 29.2 Å². The minimum Gasteiger partial charge on any atom is -0.274 e. The molecule has 1 heterocycles. The average Bonchev–Trinajstić information content (AvgIpc) is 2.59. The monoisotopic (exact) mass is 238 g/mol. The first-order valence-electron chi connectivity index (χ1n) is 4.71. The number of imide groups is 1. The molecule has 1 aliphatic rings. The lowest BCUT2D eigenvalue weighted by molar-refractivity contribution is -0.121. The van der Waals surface area contributed by atoms with Crippen LogP contribution < -0.4 is 10.0 Å². The molecular formula is C10H10N2O3S. The lowest BCUT2D eigenvalue weighted by Gasteiger charge is -2.13. The van der Waals surface area contributed by atoms with Crippen LogP contribution in [0.2, 0.25) is 0 Å². The Kier molecular flexibility index (Phi) is 2.84. The van der Waals surface area contributed by atoms with E-state index in [4.69, 9.17) is 5.14 Å². The summed E-state index contributed by atoms with van der Waals surface area (Å²) >= 11 is 0. The van der Waals surface area contributed by atoms with Gasteiger partial charge in [0.05, 0.1) is 10.6 Å². The number of rotatable bonds is 2. The van der Waals surface area contributed by atoms with E-state index in [1.807, 2.05) is 0 Å². The van der Waals surface area contributed by atoms with Gasteiger partial charge in [-0.3, -0.25) is 14.5 Å². The summed E-state index contributed by atoms with van der Waals surface area (Å²) in [5.74, 6) is -0.404. The molecule has 1 aliphatic heterocycles. The van der Waals surface area contributed by atoms with Gasteiger partial charge in [-0.1, -0.05) is 0 Å². The van der Waals surface area contributed by atoms with E-state index >= 15 is 0 Å². The van der Waals surface area contributed by atoms with E-state index in [9.17, 15) is 13.8 Å². The fourth-order valence-corrected chi connectivity index (χ4v) is 2.00. The molecule has 0 aromatic heterocycles. The van der Waals surface area contributed by atoms with Crippen molar-refractivity contribution in [2.75, 3.05) is 4.90 Å². The van der Waals surface area contributed by atoms with Gasteiger partial charge in [-0.15, -0.1) is 0 Å². The number of nitrogens with zero attached hydrogens (tertiary/aromatic N) is 1. The van der Waals surface area contributed by atoms with Crippen molar-refractivity contribution in [1.82, 2.24) is 0 Å². The Bertz CT molecular complexity index is 453. The van der Waals surface area contributed by atoms with Gasteiger partial charge in [0, 0.05) is 12.8 Å². The van der Waals surface area contributed by atoms with Crippen LogP contribution in [0.3, 0.4) is 0 Å². The molecule has 0 saturated carbocycles. The van der Waals surface area contributed by atoms with Crippen molar-refractivity contribution in [3.63, 3.8) is 0 Å². The molecule has 1 aromatic carbocycles. The van der Waals surface area contributed by atoms with Gasteiger partial charge in [-0.2, -0.15) is 0 Å². The number of carbonyl (C=O) groups is 2. The second kappa shape index (κ2) is 4.15. The van der Waals surface area contributed by atoms with E-state index in [1.54, 1.807) is 24.3 Å². The zero-order valence-electron chi connectivity index (χ0n) is 8.38. The summed E-state index contributed by atoms with van der Waals surface area (Å²) in [7, 11) is -1.54. The van der Waals surface area contributed by atoms with Crippen LogP contribution in [0, 0.1) is 0 Å². The standard InChI is InChI=1S/C10H10N2O3S/c11-16(15)8-3-1-7(2-4-8)12-9(13)5-6-10(12)14/h1-4H,5-6,11H2. The van der Waals surface area contributed by atoms with Crippen molar-refractivity contribution in [1.29, 1.82) is 0 Å². The molecule has 6 heteroatoms. The van der Waals surface area contributed by atoms with Gasteiger partial charge in [0.15, 0.2) is 0 Å². The Morgan fingerprint density at radius 1 is 1.06 bits per heavy atom. The van der Waals surface area contributed by atoms with E-state index in [-0.39, 0.29) is 24.7 Å². The van der Waals surface area contributed by atoms with Gasteiger partial charge >= 0.3 is 0 Å². The molecule has 1 atom stereocenters. The molecule has 84 valence electrons. The molecule has 1 unspecified atom stereocenters. The van der Waals surface area contributed by atoms with E-state index in [0.717, 1.165) is 4.90 Å². The van der Waals surface area contributed by atoms with Gasteiger partial charge in [0.25, 0.3) is 0 Å². The van der Waals surface area contributed by atoms with E-state index in [2.05, 4.69) is 0 Å². The molecule has 0 aliphatic carbocycles. The molecule has 5 nitrogen and oxygen atoms in total. The fourth-order valence-electron chi connectivity index (χ4n) is 1.59. The smallest absolute Gasteiger partial charge is 0.234 e. The Balaban J connectivity index is 2.31. The second-order valence-corrected chi connectivity index (χ2v) is 4.48. The normalized spacial score (nSPS) is 17.9. The fraction of sp³-hybridized carbons (Fsp3) is 0.200. The first kappa shape index (κ1) is 11.0. The highest BCUT2D eigenvalue weighted by atomic mass is 32.2. The van der Waals surface area contributed by atoms with Crippen molar-refractivity contribution in [3.05, 3.63) is 24.3 Å². The maximum Gasteiger partial charge on any atom is 0.234 e. The quantitative estimate of drug-likeness (QED) is 0.753. The van der Waals surface area contributed by atoms with E-state index in [1.165, 1.54) is 0 Å². The summed E-state index contributed by atoms with van der Waals surface area (Å²) in [4.78, 5) is 24.5. The molecule has 16 heavy (non-hydrogen) atoms. The zero-order valence-corrected chi connectivity index (χ0v) is 9.20. The lowest BCUT2D eigenvalue weighted by atomic mass is 10.3. The van der Waals surface area contributed by atoms with Crippen molar-refractivity contribution in [3.8, 4) is 0 Å². The molecule has 1 fully saturated rings. The van der Waals surface area contributed by atoms with Crippen LogP contribution in [0.1, 0.15) is 12.8 Å². The van der Waals surface area contributed by atoms with Gasteiger partial charge in [-0.25, -0.2) is 9.35 Å². The Morgan fingerprint density at radius 2 is 1.56 bits per heavy atom. The molecule has 2 rings (SSSR count). The SMILES string of the molecule is NS(=O)c1ccc(N2C(=O)CCC2=O)cc1. The van der Waals surface area contributed by atoms with Crippen molar-refractivity contribution in [2.24, 2.45) is 5.14 Å². The molecular weight excluding hydrogens is 228 g/mol. The van der Waals surface area contributed by atoms with Crippen LogP contribution in [-0.2, 0) is 20.6 Å². The minimum atomic E-state index is -1.54. The topological polar surface area (TPSA) is 80.5 Å². The van der Waals surface area contributed by atoms with Gasteiger partial charge in [0.1, 0.15) is 11.0 Å². The number of amides is 2. The maximum atomic E-state index is 11.4. The number of benzene rings is 1. The first-order chi connectivity index (χ1) is 7.59. The van der Waals surface area contributed by atoms with Crippen LogP contribution >= 0.6 is 0 Å². The average molecular weight is 238 g/mol. The van der Waals surface area contributed by atoms with Gasteiger partial charge < -0.3 is 0 Å². The van der Waals surface area contributed by atoms with E-state index in [0.29, 0.717) is 10.6 Å². The highest BCUT2D eigenvalue weighted by Gasteiger charge is 2.30. The van der Waals surface area contributed by atoms with Crippen LogP contribution in [-0.4, -0.2) is 16.0 Å². The van der Waals surface area contributed by atoms with Crippen molar-refractivity contribution >= 4 is 28.5 Å². The van der Waals surface area contributed by atoms with Crippen LogP contribution in [0.4, 0.5) is 5.69 Å². The Hall–Kier alpha value is -1.53. The summed E-state index contributed by atoms with van der Waals surface area (Å²) in [6, 6.07) is 6.23. The number of hydrogen-bond acceptors (Lipinski definition) is 3. The van der Waals surface area contributed by atoms with Gasteiger partial charge in [0.2, 0.25) is 11.8 Å². The van der Waals surface area contributed by atoms with Crippen LogP contribution in [0.5, 0.6) is 0 Å². The molecule has 0 spiro atoms. The maximum absolute atomic E-state index is 11.4. The Labute approximate surface area is 94.8 Å². The highest BCUT2D eigenvalue weighted by Crippen LogP contribution is 2.22. The third kappa shape index (κ3) is 1.89. The molecule has 2 amide bonds. The lowest BCUT2D eigenvalue weighted by Crippen LogP contribution is -2.28.